The molecule has 1 N–H and O–H groups in total. The van der Waals surface area contributed by atoms with Crippen LogP contribution < -0.4 is 4.90 Å². The molecule has 0 aliphatic carbocycles. The van der Waals surface area contributed by atoms with Crippen LogP contribution in [0.4, 0.5) is 5.69 Å². The highest BCUT2D eigenvalue weighted by molar-refractivity contribution is 9.11. The minimum Gasteiger partial charge on any atom is -0.394 e. The van der Waals surface area contributed by atoms with E-state index in [0.717, 1.165) is 28.3 Å². The largest absolute Gasteiger partial charge is 0.394 e. The molecule has 1 atom stereocenters. The Balaban J connectivity index is 2.28. The van der Waals surface area contributed by atoms with E-state index in [2.05, 4.69) is 48.9 Å². The van der Waals surface area contributed by atoms with Crippen molar-refractivity contribution in [3.05, 3.63) is 27.1 Å². The number of aliphatic hydroxyl groups excluding tert-OH is 1. The van der Waals surface area contributed by atoms with Gasteiger partial charge in [-0.25, -0.2) is 0 Å². The van der Waals surface area contributed by atoms with Gasteiger partial charge in [-0.05, 0) is 31.0 Å². The van der Waals surface area contributed by atoms with Gasteiger partial charge in [0.25, 0.3) is 0 Å². The van der Waals surface area contributed by atoms with Crippen molar-refractivity contribution in [1.29, 1.82) is 0 Å². The maximum atomic E-state index is 9.27. The van der Waals surface area contributed by atoms with E-state index in [1.165, 1.54) is 5.69 Å². The second-order valence-corrected chi connectivity index (χ2v) is 5.63. The van der Waals surface area contributed by atoms with Crippen LogP contribution in [0.5, 0.6) is 0 Å². The van der Waals surface area contributed by atoms with Gasteiger partial charge in [-0.3, -0.25) is 0 Å². The van der Waals surface area contributed by atoms with Gasteiger partial charge in [0.2, 0.25) is 0 Å². The van der Waals surface area contributed by atoms with Crippen LogP contribution in [0.2, 0.25) is 0 Å². The third-order valence-electron chi connectivity index (χ3n) is 2.77. The molecule has 0 amide bonds. The molecule has 1 fully saturated rings. The second kappa shape index (κ2) is 4.85. The van der Waals surface area contributed by atoms with Gasteiger partial charge in [0.1, 0.15) is 0 Å². The van der Waals surface area contributed by atoms with Crippen LogP contribution in [0.25, 0.3) is 0 Å². The summed E-state index contributed by atoms with van der Waals surface area (Å²) in [4.78, 5) is 2.27. The summed E-state index contributed by atoms with van der Waals surface area (Å²) in [6.45, 7) is 1.28. The van der Waals surface area contributed by atoms with Crippen LogP contribution in [0.3, 0.4) is 0 Å². The van der Waals surface area contributed by atoms with Gasteiger partial charge in [-0.2, -0.15) is 0 Å². The zero-order valence-electron chi connectivity index (χ0n) is 8.29. The second-order valence-electron chi connectivity index (χ2n) is 3.80. The van der Waals surface area contributed by atoms with E-state index in [9.17, 15) is 5.11 Å². The van der Waals surface area contributed by atoms with Crippen molar-refractivity contribution in [2.24, 2.45) is 0 Å². The molecule has 0 aromatic heterocycles. The summed E-state index contributed by atoms with van der Waals surface area (Å²) in [7, 11) is 0. The number of aliphatic hydroxyl groups is 1. The molecule has 1 saturated heterocycles. The Hall–Kier alpha value is -0.0600. The van der Waals surface area contributed by atoms with Crippen LogP contribution in [0.15, 0.2) is 27.1 Å². The van der Waals surface area contributed by atoms with Crippen molar-refractivity contribution < 1.29 is 5.11 Å². The van der Waals surface area contributed by atoms with Gasteiger partial charge < -0.3 is 10.0 Å². The molecule has 4 heteroatoms. The SMILES string of the molecule is OCC1CCCN1c1cc(Br)cc(Br)c1. The molecule has 1 aliphatic rings. The molecule has 1 aromatic carbocycles. The van der Waals surface area contributed by atoms with Crippen LogP contribution in [0.1, 0.15) is 12.8 Å². The highest BCUT2D eigenvalue weighted by atomic mass is 79.9. The Labute approximate surface area is 107 Å². The van der Waals surface area contributed by atoms with Crippen molar-refractivity contribution in [3.8, 4) is 0 Å². The summed E-state index contributed by atoms with van der Waals surface area (Å²) >= 11 is 6.97. The molecule has 2 rings (SSSR count). The molecule has 1 aliphatic heterocycles. The van der Waals surface area contributed by atoms with Gasteiger partial charge in [0.15, 0.2) is 0 Å². The summed E-state index contributed by atoms with van der Waals surface area (Å²) in [6, 6.07) is 6.50. The van der Waals surface area contributed by atoms with Gasteiger partial charge >= 0.3 is 0 Å². The molecular weight excluding hydrogens is 322 g/mol. The topological polar surface area (TPSA) is 23.5 Å². The lowest BCUT2D eigenvalue weighted by Crippen LogP contribution is -2.31. The summed E-state index contributed by atoms with van der Waals surface area (Å²) in [5, 5.41) is 9.27. The van der Waals surface area contributed by atoms with Crippen molar-refractivity contribution in [2.45, 2.75) is 18.9 Å². The van der Waals surface area contributed by atoms with Crippen molar-refractivity contribution in [1.82, 2.24) is 0 Å². The Morgan fingerprint density at radius 1 is 1.27 bits per heavy atom. The molecular formula is C11H13Br2NO. The van der Waals surface area contributed by atoms with Crippen LogP contribution >= 0.6 is 31.9 Å². The normalized spacial score (nSPS) is 21.0. The summed E-state index contributed by atoms with van der Waals surface area (Å²) in [6.07, 6.45) is 2.25. The monoisotopic (exact) mass is 333 g/mol. The molecule has 0 spiro atoms. The zero-order valence-corrected chi connectivity index (χ0v) is 11.5. The maximum Gasteiger partial charge on any atom is 0.0635 e. The van der Waals surface area contributed by atoms with Crippen molar-refractivity contribution >= 4 is 37.5 Å². The fourth-order valence-electron chi connectivity index (χ4n) is 2.07. The summed E-state index contributed by atoms with van der Waals surface area (Å²) < 4.78 is 2.13. The van der Waals surface area contributed by atoms with E-state index in [-0.39, 0.29) is 12.6 Å². The molecule has 1 unspecified atom stereocenters. The molecule has 15 heavy (non-hydrogen) atoms. The summed E-state index contributed by atoms with van der Waals surface area (Å²) in [5.41, 5.74) is 1.17. The quantitative estimate of drug-likeness (QED) is 0.898. The van der Waals surface area contributed by atoms with E-state index in [1.54, 1.807) is 0 Å². The lowest BCUT2D eigenvalue weighted by Gasteiger charge is -2.25. The average Bonchev–Trinajstić information content (AvgIpc) is 2.63. The van der Waals surface area contributed by atoms with Crippen LogP contribution in [-0.2, 0) is 0 Å². The van der Waals surface area contributed by atoms with E-state index in [0.29, 0.717) is 0 Å². The van der Waals surface area contributed by atoms with E-state index >= 15 is 0 Å². The van der Waals surface area contributed by atoms with Crippen LogP contribution in [-0.4, -0.2) is 24.3 Å². The first-order chi connectivity index (χ1) is 7.20. The standard InChI is InChI=1S/C11H13Br2NO/c12-8-4-9(13)6-11(5-8)14-3-1-2-10(14)7-15/h4-6,10,15H,1-3,7H2. The Kier molecular flexibility index (Phi) is 3.69. The molecule has 0 bridgehead atoms. The lowest BCUT2D eigenvalue weighted by molar-refractivity contribution is 0.266. The lowest BCUT2D eigenvalue weighted by atomic mass is 10.2. The summed E-state index contributed by atoms with van der Waals surface area (Å²) in [5.74, 6) is 0. The Bertz CT molecular complexity index is 336. The Morgan fingerprint density at radius 2 is 1.93 bits per heavy atom. The number of halogens is 2. The third kappa shape index (κ3) is 2.55. The molecule has 2 nitrogen and oxygen atoms in total. The first kappa shape index (κ1) is 11.4. The van der Waals surface area contributed by atoms with E-state index in [4.69, 9.17) is 0 Å². The van der Waals surface area contributed by atoms with Crippen LogP contribution in [0, 0.1) is 0 Å². The fourth-order valence-corrected chi connectivity index (χ4v) is 3.34. The number of hydrogen-bond donors (Lipinski definition) is 1. The third-order valence-corrected chi connectivity index (χ3v) is 3.68. The predicted molar refractivity (Wildman–Crippen MR) is 69.3 cm³/mol. The predicted octanol–water partition coefficient (Wildman–Crippen LogP) is 3.17. The average molecular weight is 335 g/mol. The highest BCUT2D eigenvalue weighted by Gasteiger charge is 2.24. The highest BCUT2D eigenvalue weighted by Crippen LogP contribution is 2.30. The maximum absolute atomic E-state index is 9.27. The smallest absolute Gasteiger partial charge is 0.0635 e. The van der Waals surface area contributed by atoms with E-state index < -0.39 is 0 Å². The molecule has 1 aromatic rings. The van der Waals surface area contributed by atoms with E-state index in [1.807, 2.05) is 6.07 Å². The number of nitrogens with zero attached hydrogens (tertiary/aromatic N) is 1. The van der Waals surface area contributed by atoms with Gasteiger partial charge in [0, 0.05) is 21.2 Å². The minimum atomic E-state index is 0.240. The Morgan fingerprint density at radius 3 is 2.53 bits per heavy atom. The zero-order chi connectivity index (χ0) is 10.8. The number of rotatable bonds is 2. The molecule has 1 heterocycles. The molecule has 0 radical (unpaired) electrons. The first-order valence-corrected chi connectivity index (χ1v) is 6.63. The molecule has 0 saturated carbocycles. The number of anilines is 1. The molecule has 82 valence electrons. The van der Waals surface area contributed by atoms with Gasteiger partial charge in [-0.1, -0.05) is 31.9 Å². The number of benzene rings is 1. The number of hydrogen-bond acceptors (Lipinski definition) is 2. The fraction of sp³-hybridized carbons (Fsp3) is 0.455. The van der Waals surface area contributed by atoms with Crippen molar-refractivity contribution in [3.63, 3.8) is 0 Å². The first-order valence-electron chi connectivity index (χ1n) is 5.04. The van der Waals surface area contributed by atoms with Gasteiger partial charge in [0.05, 0.1) is 12.6 Å². The van der Waals surface area contributed by atoms with Crippen molar-refractivity contribution in [2.75, 3.05) is 18.1 Å². The minimum absolute atomic E-state index is 0.240. The van der Waals surface area contributed by atoms with Gasteiger partial charge in [-0.15, -0.1) is 0 Å².